The maximum Gasteiger partial charge on any atom is 0.410 e. The summed E-state index contributed by atoms with van der Waals surface area (Å²) in [5, 5.41) is 14.8. The molecule has 0 aliphatic carbocycles. The first-order valence-electron chi connectivity index (χ1n) is 11.1. The molecule has 3 aromatic carbocycles. The summed E-state index contributed by atoms with van der Waals surface area (Å²) in [7, 11) is 0. The lowest BCUT2D eigenvalue weighted by Crippen LogP contribution is -2.50. The fourth-order valence-corrected chi connectivity index (χ4v) is 4.27. The number of carbonyl (C=O) groups is 1. The minimum Gasteiger partial charge on any atom is -0.445 e. The summed E-state index contributed by atoms with van der Waals surface area (Å²) in [6.07, 6.45) is -0.412. The van der Waals surface area contributed by atoms with Crippen molar-refractivity contribution in [3.63, 3.8) is 0 Å². The van der Waals surface area contributed by atoms with Crippen LogP contribution >= 0.6 is 11.6 Å². The smallest absolute Gasteiger partial charge is 0.410 e. The van der Waals surface area contributed by atoms with Gasteiger partial charge in [0.25, 0.3) is 5.69 Å². The normalized spacial score (nSPS) is 14.7. The molecule has 2 aliphatic rings. The van der Waals surface area contributed by atoms with Gasteiger partial charge in [-0.05, 0) is 48.0 Å². The van der Waals surface area contributed by atoms with Gasteiger partial charge in [-0.2, -0.15) is 0 Å². The Morgan fingerprint density at radius 1 is 1.03 bits per heavy atom. The van der Waals surface area contributed by atoms with Crippen molar-refractivity contribution in [1.29, 1.82) is 0 Å². The van der Waals surface area contributed by atoms with Gasteiger partial charge in [-0.25, -0.2) is 9.79 Å². The molecule has 1 fully saturated rings. The van der Waals surface area contributed by atoms with E-state index in [1.807, 2.05) is 42.5 Å². The van der Waals surface area contributed by atoms with Crippen molar-refractivity contribution in [2.75, 3.05) is 31.5 Å². The van der Waals surface area contributed by atoms with Crippen LogP contribution in [-0.2, 0) is 11.3 Å². The predicted molar refractivity (Wildman–Crippen MR) is 134 cm³/mol. The first-order valence-corrected chi connectivity index (χ1v) is 11.5. The van der Waals surface area contributed by atoms with E-state index in [0.717, 1.165) is 28.5 Å². The Balaban J connectivity index is 1.26. The summed E-state index contributed by atoms with van der Waals surface area (Å²) in [6, 6.07) is 19.5. The number of non-ortho nitro benzene ring substituents is 1. The van der Waals surface area contributed by atoms with E-state index in [1.165, 1.54) is 12.1 Å². The number of para-hydroxylation sites is 1. The number of amides is 1. The lowest BCUT2D eigenvalue weighted by molar-refractivity contribution is -0.384. The summed E-state index contributed by atoms with van der Waals surface area (Å²) in [5.74, 6) is 0.827. The minimum absolute atomic E-state index is 0.000654. The van der Waals surface area contributed by atoms with E-state index in [2.05, 4.69) is 10.2 Å². The van der Waals surface area contributed by atoms with E-state index in [9.17, 15) is 14.9 Å². The zero-order chi connectivity index (χ0) is 24.4. The molecule has 0 saturated carbocycles. The monoisotopic (exact) mass is 491 g/mol. The third kappa shape index (κ3) is 4.90. The first-order chi connectivity index (χ1) is 17.0. The van der Waals surface area contributed by atoms with Gasteiger partial charge in [0.2, 0.25) is 0 Å². The number of hydrogen-bond donors (Lipinski definition) is 1. The van der Waals surface area contributed by atoms with Gasteiger partial charge in [0.15, 0.2) is 0 Å². The minimum atomic E-state index is -0.463. The van der Waals surface area contributed by atoms with Crippen LogP contribution in [0.2, 0.25) is 5.02 Å². The number of nitrogens with zero attached hydrogens (tertiary/aromatic N) is 4. The van der Waals surface area contributed by atoms with Crippen molar-refractivity contribution in [3.8, 4) is 0 Å². The molecule has 35 heavy (non-hydrogen) atoms. The summed E-state index contributed by atoms with van der Waals surface area (Å²) in [6.45, 7) is 2.21. The van der Waals surface area contributed by atoms with Gasteiger partial charge in [-0.1, -0.05) is 23.7 Å². The number of ether oxygens (including phenoxy) is 1. The van der Waals surface area contributed by atoms with Gasteiger partial charge in [0, 0.05) is 54.6 Å². The molecule has 9 nitrogen and oxygen atoms in total. The molecular weight excluding hydrogens is 470 g/mol. The Labute approximate surface area is 206 Å². The van der Waals surface area contributed by atoms with Crippen molar-refractivity contribution >= 4 is 46.3 Å². The van der Waals surface area contributed by atoms with Crippen LogP contribution < -0.4 is 5.32 Å². The van der Waals surface area contributed by atoms with Gasteiger partial charge < -0.3 is 19.9 Å². The highest BCUT2D eigenvalue weighted by atomic mass is 35.5. The Morgan fingerprint density at radius 3 is 2.51 bits per heavy atom. The number of fused-ring (bicyclic) bond motifs is 2. The molecule has 1 saturated heterocycles. The van der Waals surface area contributed by atoms with Gasteiger partial charge in [0.05, 0.1) is 16.3 Å². The summed E-state index contributed by atoms with van der Waals surface area (Å²) >= 11 is 6.23. The van der Waals surface area contributed by atoms with E-state index in [0.29, 0.717) is 36.8 Å². The molecule has 2 aliphatic heterocycles. The van der Waals surface area contributed by atoms with Crippen LogP contribution in [0.1, 0.15) is 11.1 Å². The zero-order valence-corrected chi connectivity index (χ0v) is 19.4. The lowest BCUT2D eigenvalue weighted by atomic mass is 10.1. The van der Waals surface area contributed by atoms with Crippen LogP contribution in [0.25, 0.3) is 0 Å². The number of carbonyl (C=O) groups excluding carboxylic acids is 1. The molecule has 0 atom stereocenters. The highest BCUT2D eigenvalue weighted by Gasteiger charge is 2.27. The van der Waals surface area contributed by atoms with E-state index in [-0.39, 0.29) is 12.3 Å². The summed E-state index contributed by atoms with van der Waals surface area (Å²) in [4.78, 5) is 31.7. The van der Waals surface area contributed by atoms with Crippen molar-refractivity contribution in [2.45, 2.75) is 6.61 Å². The molecule has 0 spiro atoms. The quantitative estimate of drug-likeness (QED) is 0.392. The number of nitrogens with one attached hydrogen (secondary N) is 1. The van der Waals surface area contributed by atoms with Crippen molar-refractivity contribution in [2.24, 2.45) is 4.99 Å². The molecule has 1 N–H and O–H groups in total. The van der Waals surface area contributed by atoms with E-state index in [4.69, 9.17) is 21.3 Å². The molecule has 178 valence electrons. The summed E-state index contributed by atoms with van der Waals surface area (Å²) in [5.41, 5.74) is 4.27. The van der Waals surface area contributed by atoms with Crippen molar-refractivity contribution < 1.29 is 14.5 Å². The van der Waals surface area contributed by atoms with E-state index < -0.39 is 11.0 Å². The standard InChI is InChI=1S/C25H22ClN5O4/c26-18-7-10-22-23(15-18)28-24(20-3-1-2-4-21(20)27-22)29-11-13-30(14-12-29)25(32)35-16-17-5-8-19(9-6-17)31(33)34/h1-10,15,27H,11-14,16H2. The number of aliphatic imine (C=N–C) groups is 1. The number of nitro groups is 1. The first kappa shape index (κ1) is 22.7. The second-order valence-electron chi connectivity index (χ2n) is 8.22. The van der Waals surface area contributed by atoms with Crippen LogP contribution in [-0.4, -0.2) is 52.8 Å². The molecular formula is C25H22ClN5O4. The number of nitro benzene ring substituents is 1. The number of amidine groups is 1. The van der Waals surface area contributed by atoms with Gasteiger partial charge in [0.1, 0.15) is 12.4 Å². The van der Waals surface area contributed by atoms with E-state index in [1.54, 1.807) is 17.0 Å². The molecule has 0 bridgehead atoms. The Hall–Kier alpha value is -4.11. The van der Waals surface area contributed by atoms with Crippen LogP contribution in [0.3, 0.4) is 0 Å². The predicted octanol–water partition coefficient (Wildman–Crippen LogP) is 5.34. The second-order valence-corrected chi connectivity index (χ2v) is 8.66. The van der Waals surface area contributed by atoms with Crippen molar-refractivity contribution in [1.82, 2.24) is 9.80 Å². The number of benzene rings is 3. The molecule has 0 unspecified atom stereocenters. The SMILES string of the molecule is O=C(OCc1ccc([N+](=O)[O-])cc1)N1CCN(C2=Nc3cc(Cl)ccc3Nc3ccccc32)CC1. The fraction of sp³-hybridized carbons (Fsp3) is 0.200. The fourth-order valence-electron chi connectivity index (χ4n) is 4.10. The third-order valence-electron chi connectivity index (χ3n) is 5.97. The van der Waals surface area contributed by atoms with Crippen molar-refractivity contribution in [3.05, 3.63) is 93.0 Å². The van der Waals surface area contributed by atoms with Gasteiger partial charge in [-0.15, -0.1) is 0 Å². The van der Waals surface area contributed by atoms with Gasteiger partial charge >= 0.3 is 6.09 Å². The maximum absolute atomic E-state index is 12.6. The highest BCUT2D eigenvalue weighted by Crippen LogP contribution is 2.36. The molecule has 0 radical (unpaired) electrons. The van der Waals surface area contributed by atoms with Crippen LogP contribution in [0, 0.1) is 10.1 Å². The van der Waals surface area contributed by atoms with Crippen LogP contribution in [0.4, 0.5) is 27.5 Å². The number of rotatable bonds is 3. The van der Waals surface area contributed by atoms with Crippen LogP contribution in [0.5, 0.6) is 0 Å². The van der Waals surface area contributed by atoms with E-state index >= 15 is 0 Å². The number of piperazine rings is 1. The molecule has 3 aromatic rings. The molecule has 5 rings (SSSR count). The molecule has 1 amide bonds. The van der Waals surface area contributed by atoms with Gasteiger partial charge in [-0.3, -0.25) is 10.1 Å². The maximum atomic E-state index is 12.6. The molecule has 0 aromatic heterocycles. The Bertz CT molecular complexity index is 1300. The Morgan fingerprint density at radius 2 is 1.77 bits per heavy atom. The second kappa shape index (κ2) is 9.63. The average Bonchev–Trinajstić information content (AvgIpc) is 3.04. The number of anilines is 2. The number of hydrogen-bond acceptors (Lipinski definition) is 7. The van der Waals surface area contributed by atoms with Crippen LogP contribution in [0.15, 0.2) is 71.7 Å². The largest absolute Gasteiger partial charge is 0.445 e. The topological polar surface area (TPSA) is 100 Å². The average molecular weight is 492 g/mol. The summed E-state index contributed by atoms with van der Waals surface area (Å²) < 4.78 is 5.43. The molecule has 10 heteroatoms. The Kier molecular flexibility index (Phi) is 6.24. The zero-order valence-electron chi connectivity index (χ0n) is 18.7. The highest BCUT2D eigenvalue weighted by molar-refractivity contribution is 6.31. The lowest BCUT2D eigenvalue weighted by Gasteiger charge is -2.36. The molecule has 2 heterocycles. The third-order valence-corrected chi connectivity index (χ3v) is 6.21. The number of halogens is 1.